The Morgan fingerprint density at radius 3 is 2.03 bits per heavy atom. The molecule has 0 fully saturated rings. The number of halogens is 1. The van der Waals surface area contributed by atoms with E-state index in [1.807, 2.05) is 41.5 Å². The molecule has 3 rings (SSSR count). The van der Waals surface area contributed by atoms with Gasteiger partial charge in [-0.2, -0.15) is 0 Å². The van der Waals surface area contributed by atoms with Crippen molar-refractivity contribution in [2.75, 3.05) is 13.2 Å². The number of carboxylic acid groups (broad SMARTS) is 1. The highest BCUT2D eigenvalue weighted by Gasteiger charge is 2.31. The van der Waals surface area contributed by atoms with Gasteiger partial charge in [0.2, 0.25) is 0 Å². The third kappa shape index (κ3) is 5.69. The Balaban J connectivity index is 0.00000432. The number of carbonyl (C=O) groups is 2. The molecule has 0 atom stereocenters. The van der Waals surface area contributed by atoms with Gasteiger partial charge in [0.25, 0.3) is 0 Å². The topological polar surface area (TPSA) is 111 Å². The van der Waals surface area contributed by atoms with Crippen molar-refractivity contribution in [3.05, 3.63) is 57.6 Å². The van der Waals surface area contributed by atoms with E-state index in [0.717, 1.165) is 0 Å². The van der Waals surface area contributed by atoms with Crippen LogP contribution in [0.4, 0.5) is 0 Å². The van der Waals surface area contributed by atoms with Crippen LogP contribution in [-0.4, -0.2) is 45.9 Å². The van der Waals surface area contributed by atoms with Gasteiger partial charge in [-0.25, -0.2) is 4.79 Å². The van der Waals surface area contributed by atoms with E-state index in [0.29, 0.717) is 34.4 Å². The van der Waals surface area contributed by atoms with Gasteiger partial charge in [-0.05, 0) is 47.6 Å². The SMILES string of the molecule is Br.CCOc1cc2c(cc1C(=O)O)CN(CC(=O)c1cc(C(C)(C)C)c(O)c(C(C)(C)C)c1)C2=N. The fraction of sp³-hybridized carbons (Fsp3) is 0.444. The molecule has 3 N–H and O–H groups in total. The summed E-state index contributed by atoms with van der Waals surface area (Å²) in [5, 5.41) is 29.1. The average Bonchev–Trinajstić information content (AvgIpc) is 3.00. The van der Waals surface area contributed by atoms with Crippen molar-refractivity contribution >= 4 is 34.6 Å². The van der Waals surface area contributed by atoms with Gasteiger partial charge in [-0.3, -0.25) is 10.2 Å². The van der Waals surface area contributed by atoms with Crippen LogP contribution in [0.2, 0.25) is 0 Å². The number of Topliss-reactive ketones (excluding diaryl/α,β-unsaturated/α-hetero) is 1. The van der Waals surface area contributed by atoms with Gasteiger partial charge in [0.1, 0.15) is 22.9 Å². The third-order valence-electron chi connectivity index (χ3n) is 6.05. The van der Waals surface area contributed by atoms with Crippen LogP contribution in [0.3, 0.4) is 0 Å². The second-order valence-corrected chi connectivity index (χ2v) is 10.8. The molecule has 0 aliphatic carbocycles. The van der Waals surface area contributed by atoms with Crippen molar-refractivity contribution in [3.63, 3.8) is 0 Å². The number of rotatable bonds is 6. The second-order valence-electron chi connectivity index (χ2n) is 10.8. The Kier molecular flexibility index (Phi) is 8.11. The van der Waals surface area contributed by atoms with Crippen LogP contribution < -0.4 is 4.74 Å². The molecule has 7 nitrogen and oxygen atoms in total. The molecule has 1 aliphatic heterocycles. The molecular formula is C27H35BrN2O5. The molecule has 0 saturated heterocycles. The van der Waals surface area contributed by atoms with Crippen molar-refractivity contribution in [3.8, 4) is 11.5 Å². The maximum atomic E-state index is 13.4. The number of hydrogen-bond donors (Lipinski definition) is 3. The number of ketones is 1. The predicted molar refractivity (Wildman–Crippen MR) is 142 cm³/mol. The molecule has 1 aliphatic rings. The Morgan fingerprint density at radius 1 is 1.03 bits per heavy atom. The summed E-state index contributed by atoms with van der Waals surface area (Å²) in [6, 6.07) is 6.59. The van der Waals surface area contributed by atoms with Crippen molar-refractivity contribution in [1.82, 2.24) is 4.90 Å². The number of phenolic OH excluding ortho intramolecular Hbond substituents is 1. The number of phenols is 1. The molecule has 0 spiro atoms. The molecule has 0 aromatic heterocycles. The van der Waals surface area contributed by atoms with E-state index in [-0.39, 0.29) is 69.6 Å². The normalized spacial score (nSPS) is 13.3. The molecule has 8 heteroatoms. The number of ether oxygens (including phenoxy) is 1. The lowest BCUT2D eigenvalue weighted by atomic mass is 9.78. The highest BCUT2D eigenvalue weighted by molar-refractivity contribution is 8.93. The number of aromatic hydroxyl groups is 1. The average molecular weight is 547 g/mol. The quantitative estimate of drug-likeness (QED) is 0.401. The number of carboxylic acids is 1. The first-order chi connectivity index (χ1) is 15.6. The minimum Gasteiger partial charge on any atom is -0.507 e. The highest BCUT2D eigenvalue weighted by atomic mass is 79.9. The van der Waals surface area contributed by atoms with Crippen LogP contribution in [0.1, 0.15) is 91.4 Å². The second kappa shape index (κ2) is 10.0. The summed E-state index contributed by atoms with van der Waals surface area (Å²) in [6.07, 6.45) is 0. The molecular weight excluding hydrogens is 512 g/mol. The number of carbonyl (C=O) groups excluding carboxylic acids is 1. The summed E-state index contributed by atoms with van der Waals surface area (Å²) in [5.74, 6) is -0.678. The van der Waals surface area contributed by atoms with E-state index in [1.165, 1.54) is 6.07 Å². The van der Waals surface area contributed by atoms with Crippen LogP contribution >= 0.6 is 17.0 Å². The first-order valence-electron chi connectivity index (χ1n) is 11.4. The van der Waals surface area contributed by atoms with E-state index in [1.54, 1.807) is 30.0 Å². The van der Waals surface area contributed by atoms with E-state index < -0.39 is 5.97 Å². The molecule has 0 unspecified atom stereocenters. The minimum absolute atomic E-state index is 0. The van der Waals surface area contributed by atoms with Gasteiger partial charge in [0.05, 0.1) is 13.2 Å². The zero-order valence-corrected chi connectivity index (χ0v) is 23.1. The van der Waals surface area contributed by atoms with E-state index in [2.05, 4.69) is 0 Å². The molecule has 1 heterocycles. The lowest BCUT2D eigenvalue weighted by molar-refractivity contribution is 0.0692. The van der Waals surface area contributed by atoms with Gasteiger partial charge in [-0.15, -0.1) is 17.0 Å². The Hall–Kier alpha value is -2.87. The van der Waals surface area contributed by atoms with Crippen LogP contribution in [0.25, 0.3) is 0 Å². The lowest BCUT2D eigenvalue weighted by Gasteiger charge is -2.28. The summed E-state index contributed by atoms with van der Waals surface area (Å²) >= 11 is 0. The molecule has 35 heavy (non-hydrogen) atoms. The lowest BCUT2D eigenvalue weighted by Crippen LogP contribution is -2.30. The number of nitrogens with zero attached hydrogens (tertiary/aromatic N) is 1. The molecule has 2 aromatic carbocycles. The maximum absolute atomic E-state index is 13.4. The number of hydrogen-bond acceptors (Lipinski definition) is 5. The van der Waals surface area contributed by atoms with Crippen molar-refractivity contribution < 1.29 is 24.5 Å². The summed E-state index contributed by atoms with van der Waals surface area (Å²) in [6.45, 7) is 14.3. The zero-order chi connectivity index (χ0) is 25.6. The van der Waals surface area contributed by atoms with Gasteiger partial charge in [0, 0.05) is 28.8 Å². The minimum atomic E-state index is -1.10. The monoisotopic (exact) mass is 546 g/mol. The molecule has 2 aromatic rings. The van der Waals surface area contributed by atoms with Crippen molar-refractivity contribution in [1.29, 1.82) is 5.41 Å². The predicted octanol–water partition coefficient (Wildman–Crippen LogP) is 5.69. The summed E-state index contributed by atoms with van der Waals surface area (Å²) in [7, 11) is 0. The van der Waals surface area contributed by atoms with Gasteiger partial charge >= 0.3 is 5.97 Å². The van der Waals surface area contributed by atoms with Crippen LogP contribution in [0.5, 0.6) is 11.5 Å². The van der Waals surface area contributed by atoms with Crippen LogP contribution in [0, 0.1) is 5.41 Å². The fourth-order valence-electron chi connectivity index (χ4n) is 4.21. The first-order valence-corrected chi connectivity index (χ1v) is 11.4. The summed E-state index contributed by atoms with van der Waals surface area (Å²) in [4.78, 5) is 26.7. The van der Waals surface area contributed by atoms with Crippen molar-refractivity contribution in [2.24, 2.45) is 0 Å². The molecule has 0 bridgehead atoms. The smallest absolute Gasteiger partial charge is 0.339 e. The largest absolute Gasteiger partial charge is 0.507 e. The fourth-order valence-corrected chi connectivity index (χ4v) is 4.21. The Bertz CT molecular complexity index is 1140. The van der Waals surface area contributed by atoms with Gasteiger partial charge < -0.3 is 19.8 Å². The number of amidine groups is 1. The first kappa shape index (κ1) is 28.4. The summed E-state index contributed by atoms with van der Waals surface area (Å²) < 4.78 is 5.47. The van der Waals surface area contributed by atoms with Crippen LogP contribution in [-0.2, 0) is 17.4 Å². The summed E-state index contributed by atoms with van der Waals surface area (Å²) in [5.41, 5.74) is 2.46. The number of nitrogens with one attached hydrogen (secondary N) is 1. The van der Waals surface area contributed by atoms with Gasteiger partial charge in [-0.1, -0.05) is 41.5 Å². The van der Waals surface area contributed by atoms with Crippen molar-refractivity contribution in [2.45, 2.75) is 65.8 Å². The molecule has 0 radical (unpaired) electrons. The standard InChI is InChI=1S/C27H34N2O5.BrH/c1-8-34-22-12-17-16(9-18(22)25(32)33)13-29(24(17)28)14-21(30)15-10-19(26(2,3)4)23(31)20(11-15)27(5,6)7;/h9-12,28,31H,8,13-14H2,1-7H3,(H,32,33);1H. The molecule has 190 valence electrons. The number of benzene rings is 2. The zero-order valence-electron chi connectivity index (χ0n) is 21.4. The Morgan fingerprint density at radius 2 is 1.57 bits per heavy atom. The van der Waals surface area contributed by atoms with Crippen LogP contribution in [0.15, 0.2) is 24.3 Å². The Labute approximate surface area is 217 Å². The third-order valence-corrected chi connectivity index (χ3v) is 6.05. The van der Waals surface area contributed by atoms with Gasteiger partial charge in [0.15, 0.2) is 5.78 Å². The van der Waals surface area contributed by atoms with E-state index >= 15 is 0 Å². The highest BCUT2D eigenvalue weighted by Crippen LogP contribution is 2.40. The van der Waals surface area contributed by atoms with E-state index in [9.17, 15) is 19.8 Å². The number of aromatic carboxylic acids is 1. The maximum Gasteiger partial charge on any atom is 0.339 e. The molecule has 0 saturated carbocycles. The van der Waals surface area contributed by atoms with E-state index in [4.69, 9.17) is 10.1 Å². The molecule has 0 amide bonds. The number of fused-ring (bicyclic) bond motifs is 1.